The van der Waals surface area contributed by atoms with Crippen LogP contribution in [0.15, 0.2) is 47.2 Å². The fourth-order valence-electron chi connectivity index (χ4n) is 2.17. The van der Waals surface area contributed by atoms with E-state index in [1.165, 1.54) is 0 Å². The molecule has 0 radical (unpaired) electrons. The average Bonchev–Trinajstić information content (AvgIpc) is 2.40. The standard InChI is InChI=1S/C15H13F3O2/c16-15(17,18)14(20)12-8-4-7-11(13(12)19)9-10-5-2-1-3-6-10/h1-3,5-6,9,19H,4,7-8H2/b11-9+. The van der Waals surface area contributed by atoms with Gasteiger partial charge in [-0.2, -0.15) is 13.2 Å². The zero-order valence-corrected chi connectivity index (χ0v) is 10.6. The highest BCUT2D eigenvalue weighted by Crippen LogP contribution is 2.33. The molecule has 1 aliphatic carbocycles. The van der Waals surface area contributed by atoms with Gasteiger partial charge in [0.25, 0.3) is 5.78 Å². The van der Waals surface area contributed by atoms with E-state index in [0.717, 1.165) is 5.56 Å². The maximum atomic E-state index is 12.4. The molecular formula is C15H13F3O2. The molecule has 5 heteroatoms. The molecule has 1 aromatic carbocycles. The Morgan fingerprint density at radius 2 is 1.80 bits per heavy atom. The molecule has 0 aromatic heterocycles. The number of alkyl halides is 3. The Labute approximate surface area is 114 Å². The number of carbonyl (C=O) groups excluding carboxylic acids is 1. The van der Waals surface area contributed by atoms with E-state index >= 15 is 0 Å². The number of ketones is 1. The van der Waals surface area contributed by atoms with E-state index in [9.17, 15) is 23.1 Å². The molecule has 0 amide bonds. The monoisotopic (exact) mass is 282 g/mol. The van der Waals surface area contributed by atoms with Gasteiger partial charge < -0.3 is 5.11 Å². The molecule has 0 aliphatic heterocycles. The summed E-state index contributed by atoms with van der Waals surface area (Å²) in [6.45, 7) is 0. The summed E-state index contributed by atoms with van der Waals surface area (Å²) < 4.78 is 37.3. The van der Waals surface area contributed by atoms with Crippen LogP contribution in [0.5, 0.6) is 0 Å². The summed E-state index contributed by atoms with van der Waals surface area (Å²) in [4.78, 5) is 11.3. The van der Waals surface area contributed by atoms with Crippen molar-refractivity contribution in [3.63, 3.8) is 0 Å². The first-order valence-electron chi connectivity index (χ1n) is 6.19. The summed E-state index contributed by atoms with van der Waals surface area (Å²) in [6, 6.07) is 8.95. The summed E-state index contributed by atoms with van der Waals surface area (Å²) >= 11 is 0. The molecule has 0 bridgehead atoms. The van der Waals surface area contributed by atoms with Gasteiger partial charge in [-0.05, 0) is 36.5 Å². The van der Waals surface area contributed by atoms with Crippen LogP contribution in [0.2, 0.25) is 0 Å². The highest BCUT2D eigenvalue weighted by atomic mass is 19.4. The van der Waals surface area contributed by atoms with E-state index in [1.807, 2.05) is 6.07 Å². The Morgan fingerprint density at radius 1 is 1.15 bits per heavy atom. The highest BCUT2D eigenvalue weighted by Gasteiger charge is 2.42. The van der Waals surface area contributed by atoms with Gasteiger partial charge >= 0.3 is 6.18 Å². The minimum atomic E-state index is -4.95. The second-order valence-electron chi connectivity index (χ2n) is 4.59. The van der Waals surface area contributed by atoms with Crippen LogP contribution in [-0.4, -0.2) is 17.1 Å². The van der Waals surface area contributed by atoms with Crippen molar-refractivity contribution >= 4 is 11.9 Å². The summed E-state index contributed by atoms with van der Waals surface area (Å²) in [5.41, 5.74) is 0.607. The molecule has 106 valence electrons. The molecule has 0 saturated heterocycles. The molecule has 1 aromatic rings. The van der Waals surface area contributed by atoms with Crippen molar-refractivity contribution in [1.29, 1.82) is 0 Å². The van der Waals surface area contributed by atoms with Crippen molar-refractivity contribution < 1.29 is 23.1 Å². The van der Waals surface area contributed by atoms with Crippen LogP contribution in [-0.2, 0) is 4.79 Å². The number of rotatable bonds is 2. The van der Waals surface area contributed by atoms with Gasteiger partial charge in [-0.15, -0.1) is 0 Å². The highest BCUT2D eigenvalue weighted by molar-refractivity contribution is 6.00. The molecule has 2 rings (SSSR count). The van der Waals surface area contributed by atoms with Gasteiger partial charge in [0.05, 0.1) is 0 Å². The molecule has 0 atom stereocenters. The van der Waals surface area contributed by atoms with Crippen LogP contribution in [0, 0.1) is 0 Å². The second kappa shape index (κ2) is 5.53. The van der Waals surface area contributed by atoms with Crippen molar-refractivity contribution in [2.45, 2.75) is 25.4 Å². The van der Waals surface area contributed by atoms with Crippen molar-refractivity contribution in [3.8, 4) is 0 Å². The lowest BCUT2D eigenvalue weighted by atomic mass is 9.89. The Morgan fingerprint density at radius 3 is 2.40 bits per heavy atom. The van der Waals surface area contributed by atoms with Crippen LogP contribution >= 0.6 is 0 Å². The van der Waals surface area contributed by atoms with Crippen LogP contribution in [0.4, 0.5) is 13.2 Å². The van der Waals surface area contributed by atoms with E-state index in [0.29, 0.717) is 18.4 Å². The molecule has 0 saturated carbocycles. The quantitative estimate of drug-likeness (QED) is 0.882. The summed E-state index contributed by atoms with van der Waals surface area (Å²) in [6.07, 6.45) is -2.51. The first-order chi connectivity index (χ1) is 9.39. The molecule has 0 heterocycles. The number of halogens is 3. The van der Waals surface area contributed by atoms with E-state index < -0.39 is 23.3 Å². The summed E-state index contributed by atoms with van der Waals surface area (Å²) in [7, 11) is 0. The lowest BCUT2D eigenvalue weighted by molar-refractivity contribution is -0.167. The number of allylic oxidation sites excluding steroid dienone is 2. The number of hydrogen-bond donors (Lipinski definition) is 1. The number of aliphatic hydroxyl groups excluding tert-OH is 1. The molecule has 2 nitrogen and oxygen atoms in total. The molecule has 0 unspecified atom stereocenters. The molecular weight excluding hydrogens is 269 g/mol. The fourth-order valence-corrected chi connectivity index (χ4v) is 2.17. The zero-order chi connectivity index (χ0) is 14.8. The minimum absolute atomic E-state index is 0.0453. The fraction of sp³-hybridized carbons (Fsp3) is 0.267. The van der Waals surface area contributed by atoms with E-state index in [4.69, 9.17) is 0 Å². The van der Waals surface area contributed by atoms with Crippen molar-refractivity contribution in [2.75, 3.05) is 0 Å². The normalized spacial score (nSPS) is 18.4. The summed E-state index contributed by atoms with van der Waals surface area (Å²) in [5.74, 6) is -2.48. The molecule has 20 heavy (non-hydrogen) atoms. The number of Topliss-reactive ketones (excluding diaryl/α,β-unsaturated/α-hetero) is 1. The number of carbonyl (C=O) groups is 1. The van der Waals surface area contributed by atoms with E-state index in [2.05, 4.69) is 0 Å². The van der Waals surface area contributed by atoms with Gasteiger partial charge in [-0.1, -0.05) is 30.3 Å². The second-order valence-corrected chi connectivity index (χ2v) is 4.59. The smallest absolute Gasteiger partial charge is 0.454 e. The van der Waals surface area contributed by atoms with Gasteiger partial charge in [0.15, 0.2) is 0 Å². The van der Waals surface area contributed by atoms with Gasteiger partial charge in [-0.25, -0.2) is 0 Å². The topological polar surface area (TPSA) is 37.3 Å². The SMILES string of the molecule is O=C(C1=C(O)/C(=C/c2ccccc2)CCC1)C(F)(F)F. The Hall–Kier alpha value is -2.04. The Balaban J connectivity index is 2.37. The van der Waals surface area contributed by atoms with Gasteiger partial charge in [0.2, 0.25) is 0 Å². The third kappa shape index (κ3) is 3.10. The number of hydrogen-bond acceptors (Lipinski definition) is 2. The summed E-state index contributed by atoms with van der Waals surface area (Å²) in [5, 5.41) is 9.91. The molecule has 0 fully saturated rings. The van der Waals surface area contributed by atoms with Crippen LogP contribution in [0.25, 0.3) is 6.08 Å². The lowest BCUT2D eigenvalue weighted by Crippen LogP contribution is -2.27. The Kier molecular flexibility index (Phi) is 3.97. The van der Waals surface area contributed by atoms with Gasteiger partial charge in [0, 0.05) is 5.57 Å². The van der Waals surface area contributed by atoms with Crippen LogP contribution in [0.3, 0.4) is 0 Å². The largest absolute Gasteiger partial charge is 0.507 e. The number of benzene rings is 1. The van der Waals surface area contributed by atoms with Gasteiger partial charge in [-0.3, -0.25) is 4.79 Å². The predicted octanol–water partition coefficient (Wildman–Crippen LogP) is 4.20. The average molecular weight is 282 g/mol. The van der Waals surface area contributed by atoms with Crippen molar-refractivity contribution in [3.05, 3.63) is 52.8 Å². The third-order valence-electron chi connectivity index (χ3n) is 3.13. The molecule has 1 aliphatic rings. The first-order valence-corrected chi connectivity index (χ1v) is 6.19. The maximum absolute atomic E-state index is 12.4. The third-order valence-corrected chi connectivity index (χ3v) is 3.13. The maximum Gasteiger partial charge on any atom is 0.454 e. The number of aliphatic hydroxyl groups is 1. The first kappa shape index (κ1) is 14.4. The van der Waals surface area contributed by atoms with Crippen molar-refractivity contribution in [1.82, 2.24) is 0 Å². The van der Waals surface area contributed by atoms with E-state index in [-0.39, 0.29) is 6.42 Å². The van der Waals surface area contributed by atoms with Crippen LogP contribution in [0.1, 0.15) is 24.8 Å². The molecule has 0 spiro atoms. The van der Waals surface area contributed by atoms with E-state index in [1.54, 1.807) is 30.3 Å². The van der Waals surface area contributed by atoms with Gasteiger partial charge in [0.1, 0.15) is 5.76 Å². The van der Waals surface area contributed by atoms with Crippen molar-refractivity contribution in [2.24, 2.45) is 0 Å². The predicted molar refractivity (Wildman–Crippen MR) is 69.0 cm³/mol. The Bertz CT molecular complexity index is 569. The zero-order valence-electron chi connectivity index (χ0n) is 10.6. The minimum Gasteiger partial charge on any atom is -0.507 e. The van der Waals surface area contributed by atoms with Crippen LogP contribution < -0.4 is 0 Å². The molecule has 1 N–H and O–H groups in total. The lowest BCUT2D eigenvalue weighted by Gasteiger charge is -2.19.